The summed E-state index contributed by atoms with van der Waals surface area (Å²) >= 11 is 0. The average molecular weight is 411 g/mol. The number of nitrogens with one attached hydrogen (secondary N) is 2. The van der Waals surface area contributed by atoms with Gasteiger partial charge in [-0.1, -0.05) is 49.4 Å². The van der Waals surface area contributed by atoms with Crippen molar-refractivity contribution in [2.75, 3.05) is 13.1 Å². The van der Waals surface area contributed by atoms with Crippen molar-refractivity contribution in [2.45, 2.75) is 58.3 Å². The number of amides is 2. The first-order chi connectivity index (χ1) is 14.5. The van der Waals surface area contributed by atoms with E-state index in [1.807, 2.05) is 6.07 Å². The van der Waals surface area contributed by atoms with Gasteiger partial charge in [-0.2, -0.15) is 0 Å². The van der Waals surface area contributed by atoms with E-state index in [0.29, 0.717) is 12.5 Å². The summed E-state index contributed by atoms with van der Waals surface area (Å²) in [4.78, 5) is 27.8. The fraction of sp³-hybridized carbons (Fsp3) is 0.545. The van der Waals surface area contributed by atoms with Crippen molar-refractivity contribution < 1.29 is 9.59 Å². The van der Waals surface area contributed by atoms with Gasteiger partial charge in [0.15, 0.2) is 11.4 Å². The molecular formula is C22H30N6O2. The molecule has 1 unspecified atom stereocenters. The van der Waals surface area contributed by atoms with E-state index in [0.717, 1.165) is 38.9 Å². The molecule has 2 aliphatic rings. The van der Waals surface area contributed by atoms with Crippen molar-refractivity contribution in [1.29, 1.82) is 0 Å². The monoisotopic (exact) mass is 410 g/mol. The second-order valence-electron chi connectivity index (χ2n) is 8.78. The zero-order valence-corrected chi connectivity index (χ0v) is 17.7. The number of hydrogen-bond acceptors (Lipinski definition) is 5. The molecule has 3 heterocycles. The normalized spacial score (nSPS) is 20.1. The lowest BCUT2D eigenvalue weighted by atomic mass is 10.0. The molecule has 2 amide bonds. The number of carbonyl (C=O) groups excluding carboxylic acids is 2. The number of piperidine rings is 1. The number of aromatic nitrogens is 3. The van der Waals surface area contributed by atoms with Crippen LogP contribution in [0.1, 0.15) is 59.7 Å². The van der Waals surface area contributed by atoms with Gasteiger partial charge in [-0.25, -0.2) is 4.68 Å². The lowest BCUT2D eigenvalue weighted by molar-refractivity contribution is 0.0857. The molecule has 160 valence electrons. The second-order valence-corrected chi connectivity index (χ2v) is 8.78. The summed E-state index contributed by atoms with van der Waals surface area (Å²) in [6.45, 7) is 7.57. The highest BCUT2D eigenvalue weighted by atomic mass is 16.2. The Morgan fingerprint density at radius 1 is 1.23 bits per heavy atom. The lowest BCUT2D eigenvalue weighted by Gasteiger charge is -2.32. The third-order valence-electron chi connectivity index (χ3n) is 5.82. The molecule has 30 heavy (non-hydrogen) atoms. The summed E-state index contributed by atoms with van der Waals surface area (Å²) in [7, 11) is 0. The predicted octanol–water partition coefficient (Wildman–Crippen LogP) is 1.83. The number of hydrogen-bond donors (Lipinski definition) is 2. The van der Waals surface area contributed by atoms with Gasteiger partial charge < -0.3 is 10.6 Å². The molecule has 2 aromatic rings. The van der Waals surface area contributed by atoms with Crippen LogP contribution < -0.4 is 10.6 Å². The molecule has 2 N–H and O–H groups in total. The van der Waals surface area contributed by atoms with E-state index < -0.39 is 0 Å². The second kappa shape index (κ2) is 8.95. The smallest absolute Gasteiger partial charge is 0.274 e. The highest BCUT2D eigenvalue weighted by Gasteiger charge is 2.33. The quantitative estimate of drug-likeness (QED) is 0.758. The molecule has 0 saturated carbocycles. The zero-order chi connectivity index (χ0) is 21.1. The lowest BCUT2D eigenvalue weighted by Crippen LogP contribution is -2.47. The van der Waals surface area contributed by atoms with Crippen molar-refractivity contribution in [3.05, 3.63) is 47.3 Å². The number of nitrogens with zero attached hydrogens (tertiary/aromatic N) is 4. The minimum absolute atomic E-state index is 0.0246. The van der Waals surface area contributed by atoms with Gasteiger partial charge in [-0.05, 0) is 30.7 Å². The van der Waals surface area contributed by atoms with Crippen LogP contribution in [0, 0.1) is 5.92 Å². The van der Waals surface area contributed by atoms with E-state index in [-0.39, 0.29) is 35.3 Å². The fourth-order valence-corrected chi connectivity index (χ4v) is 4.36. The number of rotatable bonds is 6. The molecule has 0 spiro atoms. The van der Waals surface area contributed by atoms with E-state index in [1.165, 1.54) is 5.56 Å². The summed E-state index contributed by atoms with van der Waals surface area (Å²) < 4.78 is 1.57. The summed E-state index contributed by atoms with van der Waals surface area (Å²) in [5, 5.41) is 14.2. The van der Waals surface area contributed by atoms with Crippen molar-refractivity contribution in [3.63, 3.8) is 0 Å². The van der Waals surface area contributed by atoms with Crippen LogP contribution in [0.3, 0.4) is 0 Å². The maximum absolute atomic E-state index is 12.8. The standard InChI is InChI=1S/C22H30N6O2/c1-15(2)12-18-14-28-20(22(30)24-18)19(25-26-28)21(29)23-17-8-10-27(11-9-17)13-16-6-4-3-5-7-16/h3-7,15,17-18H,8-14H2,1-2H3,(H,23,29)(H,24,30). The third kappa shape index (κ3) is 4.70. The number of fused-ring (bicyclic) bond motifs is 1. The molecule has 4 rings (SSSR count). The van der Waals surface area contributed by atoms with Crippen LogP contribution in [0.4, 0.5) is 0 Å². The zero-order valence-electron chi connectivity index (χ0n) is 17.7. The Bertz CT molecular complexity index is 886. The van der Waals surface area contributed by atoms with Gasteiger partial charge in [0, 0.05) is 31.7 Å². The fourth-order valence-electron chi connectivity index (χ4n) is 4.36. The first kappa shape index (κ1) is 20.5. The largest absolute Gasteiger partial charge is 0.348 e. The van der Waals surface area contributed by atoms with Gasteiger partial charge in [-0.15, -0.1) is 5.10 Å². The number of likely N-dealkylation sites (tertiary alicyclic amines) is 1. The Labute approximate surface area is 177 Å². The van der Waals surface area contributed by atoms with Crippen LogP contribution in [0.25, 0.3) is 0 Å². The molecule has 1 atom stereocenters. The van der Waals surface area contributed by atoms with E-state index in [4.69, 9.17) is 0 Å². The number of benzene rings is 1. The first-order valence-electron chi connectivity index (χ1n) is 10.8. The Balaban J connectivity index is 1.32. The Morgan fingerprint density at radius 3 is 2.67 bits per heavy atom. The molecule has 1 aromatic heterocycles. The van der Waals surface area contributed by atoms with E-state index in [9.17, 15) is 9.59 Å². The molecule has 0 bridgehead atoms. The first-order valence-corrected chi connectivity index (χ1v) is 10.8. The number of carbonyl (C=O) groups is 2. The predicted molar refractivity (Wildman–Crippen MR) is 113 cm³/mol. The molecule has 2 aliphatic heterocycles. The van der Waals surface area contributed by atoms with Crippen molar-refractivity contribution in [2.24, 2.45) is 5.92 Å². The summed E-state index contributed by atoms with van der Waals surface area (Å²) in [6.07, 6.45) is 2.63. The van der Waals surface area contributed by atoms with E-state index in [1.54, 1.807) is 4.68 Å². The molecule has 1 aromatic carbocycles. The summed E-state index contributed by atoms with van der Waals surface area (Å²) in [6, 6.07) is 10.5. The molecule has 1 fully saturated rings. The highest BCUT2D eigenvalue weighted by Crippen LogP contribution is 2.18. The minimum Gasteiger partial charge on any atom is -0.348 e. The van der Waals surface area contributed by atoms with Crippen LogP contribution in [0.2, 0.25) is 0 Å². The van der Waals surface area contributed by atoms with Gasteiger partial charge in [0.25, 0.3) is 11.8 Å². The van der Waals surface area contributed by atoms with Crippen molar-refractivity contribution >= 4 is 11.8 Å². The van der Waals surface area contributed by atoms with Crippen molar-refractivity contribution in [1.82, 2.24) is 30.5 Å². The Morgan fingerprint density at radius 2 is 1.97 bits per heavy atom. The van der Waals surface area contributed by atoms with Gasteiger partial charge in [0.1, 0.15) is 0 Å². The van der Waals surface area contributed by atoms with Crippen molar-refractivity contribution in [3.8, 4) is 0 Å². The Kier molecular flexibility index (Phi) is 6.13. The summed E-state index contributed by atoms with van der Waals surface area (Å²) in [5.74, 6) is -0.106. The highest BCUT2D eigenvalue weighted by molar-refractivity contribution is 6.05. The molecular weight excluding hydrogens is 380 g/mol. The molecule has 1 saturated heterocycles. The summed E-state index contributed by atoms with van der Waals surface area (Å²) in [5.41, 5.74) is 1.70. The maximum atomic E-state index is 12.8. The SMILES string of the molecule is CC(C)CC1Cn2nnc(C(=O)NC3CCN(Cc4ccccc4)CC3)c2C(=O)N1. The molecule has 0 aliphatic carbocycles. The van der Waals surface area contributed by atoms with Gasteiger partial charge >= 0.3 is 0 Å². The van der Waals surface area contributed by atoms with Crippen LogP contribution >= 0.6 is 0 Å². The van der Waals surface area contributed by atoms with Crippen LogP contribution in [0.5, 0.6) is 0 Å². The average Bonchev–Trinajstić information content (AvgIpc) is 3.14. The third-order valence-corrected chi connectivity index (χ3v) is 5.82. The van der Waals surface area contributed by atoms with Crippen LogP contribution in [0.15, 0.2) is 30.3 Å². The van der Waals surface area contributed by atoms with E-state index >= 15 is 0 Å². The van der Waals surface area contributed by atoms with Gasteiger partial charge in [0.05, 0.1) is 6.54 Å². The minimum atomic E-state index is -0.310. The Hall–Kier alpha value is -2.74. The molecule has 8 nitrogen and oxygen atoms in total. The van der Waals surface area contributed by atoms with Gasteiger partial charge in [0.2, 0.25) is 0 Å². The van der Waals surface area contributed by atoms with E-state index in [2.05, 4.69) is 64.0 Å². The van der Waals surface area contributed by atoms with Crippen LogP contribution in [-0.4, -0.2) is 56.9 Å². The van der Waals surface area contributed by atoms with Crippen LogP contribution in [-0.2, 0) is 13.1 Å². The van der Waals surface area contributed by atoms with Gasteiger partial charge in [-0.3, -0.25) is 14.5 Å². The topological polar surface area (TPSA) is 92.2 Å². The molecule has 8 heteroatoms. The maximum Gasteiger partial charge on any atom is 0.274 e. The molecule has 0 radical (unpaired) electrons.